The highest BCUT2D eigenvalue weighted by Crippen LogP contribution is 2.30. The zero-order chi connectivity index (χ0) is 19.1. The van der Waals surface area contributed by atoms with Crippen molar-refractivity contribution in [2.45, 2.75) is 6.54 Å². The lowest BCUT2D eigenvalue weighted by molar-refractivity contribution is 0.0951. The summed E-state index contributed by atoms with van der Waals surface area (Å²) in [5, 5.41) is 6.03. The molecule has 7 heteroatoms. The molecule has 3 aromatic rings. The first-order valence-electron chi connectivity index (χ1n) is 8.32. The normalized spacial score (nSPS) is 10.1. The van der Waals surface area contributed by atoms with Crippen LogP contribution < -0.4 is 20.1 Å². The van der Waals surface area contributed by atoms with Gasteiger partial charge in [-0.1, -0.05) is 6.07 Å². The number of nitrogens with one attached hydrogen (secondary N) is 2. The van der Waals surface area contributed by atoms with Gasteiger partial charge in [0, 0.05) is 42.5 Å². The standard InChI is InChI=1S/C20H20N4O3/c1-26-17-6-5-16(11-18(17)27-2)24-19-10-15(7-9-22-19)20(25)23-13-14-4-3-8-21-12-14/h3-12H,13H2,1-2H3,(H,22,24)(H,23,25). The van der Waals surface area contributed by atoms with Crippen molar-refractivity contribution in [1.82, 2.24) is 15.3 Å². The van der Waals surface area contributed by atoms with Crippen LogP contribution in [0.5, 0.6) is 11.5 Å². The predicted molar refractivity (Wildman–Crippen MR) is 102 cm³/mol. The Labute approximate surface area is 157 Å². The Balaban J connectivity index is 1.69. The van der Waals surface area contributed by atoms with E-state index in [2.05, 4.69) is 20.6 Å². The third-order valence-corrected chi connectivity index (χ3v) is 3.85. The molecule has 0 saturated heterocycles. The van der Waals surface area contributed by atoms with Gasteiger partial charge in [-0.3, -0.25) is 9.78 Å². The molecule has 1 amide bonds. The molecule has 1 aromatic carbocycles. The van der Waals surface area contributed by atoms with Crippen LogP contribution in [0.4, 0.5) is 11.5 Å². The van der Waals surface area contributed by atoms with Crippen LogP contribution in [-0.4, -0.2) is 30.1 Å². The molecule has 27 heavy (non-hydrogen) atoms. The number of anilines is 2. The van der Waals surface area contributed by atoms with E-state index in [1.54, 1.807) is 57.1 Å². The van der Waals surface area contributed by atoms with Crippen molar-refractivity contribution >= 4 is 17.4 Å². The fourth-order valence-electron chi connectivity index (χ4n) is 2.49. The molecule has 2 N–H and O–H groups in total. The number of rotatable bonds is 7. The largest absolute Gasteiger partial charge is 0.493 e. The lowest BCUT2D eigenvalue weighted by atomic mass is 10.2. The van der Waals surface area contributed by atoms with Gasteiger partial charge in [-0.25, -0.2) is 4.98 Å². The molecule has 2 heterocycles. The van der Waals surface area contributed by atoms with Crippen LogP contribution in [0.25, 0.3) is 0 Å². The second kappa shape index (κ2) is 8.66. The van der Waals surface area contributed by atoms with Crippen molar-refractivity contribution in [3.8, 4) is 11.5 Å². The van der Waals surface area contributed by atoms with E-state index in [9.17, 15) is 4.79 Å². The van der Waals surface area contributed by atoms with Gasteiger partial charge in [0.2, 0.25) is 0 Å². The van der Waals surface area contributed by atoms with Gasteiger partial charge in [-0.05, 0) is 35.9 Å². The van der Waals surface area contributed by atoms with Gasteiger partial charge in [0.25, 0.3) is 5.91 Å². The number of ether oxygens (including phenoxy) is 2. The summed E-state index contributed by atoms with van der Waals surface area (Å²) in [6.45, 7) is 0.410. The minimum atomic E-state index is -0.184. The molecule has 0 aliphatic heterocycles. The zero-order valence-corrected chi connectivity index (χ0v) is 15.1. The number of benzene rings is 1. The minimum absolute atomic E-state index is 0.184. The first-order valence-corrected chi connectivity index (χ1v) is 8.32. The monoisotopic (exact) mass is 364 g/mol. The number of aromatic nitrogens is 2. The first-order chi connectivity index (χ1) is 13.2. The van der Waals surface area contributed by atoms with Gasteiger partial charge in [0.1, 0.15) is 5.82 Å². The van der Waals surface area contributed by atoms with Crippen molar-refractivity contribution in [2.24, 2.45) is 0 Å². The summed E-state index contributed by atoms with van der Waals surface area (Å²) in [5.74, 6) is 1.61. The third kappa shape index (κ3) is 4.72. The van der Waals surface area contributed by atoms with Crippen molar-refractivity contribution < 1.29 is 14.3 Å². The van der Waals surface area contributed by atoms with Crippen LogP contribution in [0, 0.1) is 0 Å². The quantitative estimate of drug-likeness (QED) is 0.670. The Morgan fingerprint density at radius 1 is 1.04 bits per heavy atom. The number of carbonyl (C=O) groups excluding carboxylic acids is 1. The van der Waals surface area contributed by atoms with E-state index in [0.29, 0.717) is 29.4 Å². The summed E-state index contributed by atoms with van der Waals surface area (Å²) in [4.78, 5) is 20.7. The highest BCUT2D eigenvalue weighted by Gasteiger charge is 2.09. The summed E-state index contributed by atoms with van der Waals surface area (Å²) >= 11 is 0. The molecule has 0 fully saturated rings. The molecule has 138 valence electrons. The summed E-state index contributed by atoms with van der Waals surface area (Å²) in [7, 11) is 3.16. The second-order valence-corrected chi connectivity index (χ2v) is 5.67. The Morgan fingerprint density at radius 2 is 1.89 bits per heavy atom. The van der Waals surface area contributed by atoms with E-state index in [0.717, 1.165) is 11.3 Å². The number of methoxy groups -OCH3 is 2. The fraction of sp³-hybridized carbons (Fsp3) is 0.150. The molecular formula is C20H20N4O3. The van der Waals surface area contributed by atoms with Gasteiger partial charge < -0.3 is 20.1 Å². The Hall–Kier alpha value is -3.61. The van der Waals surface area contributed by atoms with Crippen molar-refractivity contribution in [3.63, 3.8) is 0 Å². The molecule has 0 spiro atoms. The molecule has 0 aliphatic carbocycles. The molecule has 0 saturated carbocycles. The summed E-state index contributed by atoms with van der Waals surface area (Å²) in [5.41, 5.74) is 2.22. The number of nitrogens with zero attached hydrogens (tertiary/aromatic N) is 2. The van der Waals surface area contributed by atoms with E-state index in [1.807, 2.05) is 18.2 Å². The van der Waals surface area contributed by atoms with Crippen LogP contribution >= 0.6 is 0 Å². The molecule has 0 unspecified atom stereocenters. The van der Waals surface area contributed by atoms with Gasteiger partial charge in [0.15, 0.2) is 11.5 Å². The van der Waals surface area contributed by atoms with Crippen molar-refractivity contribution in [1.29, 1.82) is 0 Å². The van der Waals surface area contributed by atoms with E-state index in [4.69, 9.17) is 9.47 Å². The minimum Gasteiger partial charge on any atom is -0.493 e. The lowest BCUT2D eigenvalue weighted by Gasteiger charge is -2.11. The van der Waals surface area contributed by atoms with Crippen molar-refractivity contribution in [3.05, 3.63) is 72.2 Å². The number of hydrogen-bond donors (Lipinski definition) is 2. The van der Waals surface area contributed by atoms with Gasteiger partial charge in [-0.15, -0.1) is 0 Å². The Bertz CT molecular complexity index is 916. The third-order valence-electron chi connectivity index (χ3n) is 3.85. The average Bonchev–Trinajstić information content (AvgIpc) is 2.73. The van der Waals surface area contributed by atoms with Crippen LogP contribution in [0.1, 0.15) is 15.9 Å². The SMILES string of the molecule is COc1ccc(Nc2cc(C(=O)NCc3cccnc3)ccn2)cc1OC. The molecular weight excluding hydrogens is 344 g/mol. The van der Waals surface area contributed by atoms with Crippen LogP contribution in [-0.2, 0) is 6.54 Å². The predicted octanol–water partition coefficient (Wildman–Crippen LogP) is 3.17. The second-order valence-electron chi connectivity index (χ2n) is 5.67. The number of carbonyl (C=O) groups is 1. The molecule has 0 aliphatic rings. The number of pyridine rings is 2. The zero-order valence-electron chi connectivity index (χ0n) is 15.1. The van der Waals surface area contributed by atoms with E-state index < -0.39 is 0 Å². The van der Waals surface area contributed by atoms with Crippen molar-refractivity contribution in [2.75, 3.05) is 19.5 Å². The highest BCUT2D eigenvalue weighted by molar-refractivity contribution is 5.94. The lowest BCUT2D eigenvalue weighted by Crippen LogP contribution is -2.23. The van der Waals surface area contributed by atoms with E-state index >= 15 is 0 Å². The molecule has 0 bridgehead atoms. The Kier molecular flexibility index (Phi) is 5.84. The average molecular weight is 364 g/mol. The smallest absolute Gasteiger partial charge is 0.251 e. The molecule has 3 rings (SSSR count). The number of amides is 1. The summed E-state index contributed by atoms with van der Waals surface area (Å²) < 4.78 is 10.5. The van der Waals surface area contributed by atoms with Crippen LogP contribution in [0.3, 0.4) is 0 Å². The Morgan fingerprint density at radius 3 is 2.63 bits per heavy atom. The van der Waals surface area contributed by atoms with Gasteiger partial charge >= 0.3 is 0 Å². The maximum absolute atomic E-state index is 12.4. The molecule has 0 radical (unpaired) electrons. The van der Waals surface area contributed by atoms with Crippen LogP contribution in [0.2, 0.25) is 0 Å². The molecule has 2 aromatic heterocycles. The first kappa shape index (κ1) is 18.2. The number of hydrogen-bond acceptors (Lipinski definition) is 6. The van der Waals surface area contributed by atoms with E-state index in [-0.39, 0.29) is 5.91 Å². The summed E-state index contributed by atoms with van der Waals surface area (Å²) in [6, 6.07) is 12.5. The summed E-state index contributed by atoms with van der Waals surface area (Å²) in [6.07, 6.45) is 5.00. The van der Waals surface area contributed by atoms with Crippen LogP contribution in [0.15, 0.2) is 61.1 Å². The van der Waals surface area contributed by atoms with E-state index in [1.165, 1.54) is 0 Å². The maximum Gasteiger partial charge on any atom is 0.251 e. The van der Waals surface area contributed by atoms with Gasteiger partial charge in [0.05, 0.1) is 14.2 Å². The maximum atomic E-state index is 12.4. The fourth-order valence-corrected chi connectivity index (χ4v) is 2.49. The van der Waals surface area contributed by atoms with Gasteiger partial charge in [-0.2, -0.15) is 0 Å². The molecule has 7 nitrogen and oxygen atoms in total. The topological polar surface area (TPSA) is 85.4 Å². The highest BCUT2D eigenvalue weighted by atomic mass is 16.5. The molecule has 0 atom stereocenters.